The van der Waals surface area contributed by atoms with Gasteiger partial charge >= 0.3 is 0 Å². The highest BCUT2D eigenvalue weighted by Crippen LogP contribution is 2.35. The molecule has 1 fully saturated rings. The topological polar surface area (TPSA) is 50.4 Å². The molecule has 4 nitrogen and oxygen atoms in total. The van der Waals surface area contributed by atoms with Gasteiger partial charge in [0.2, 0.25) is 5.91 Å². The molecule has 0 aliphatic carbocycles. The second-order valence-electron chi connectivity index (χ2n) is 5.63. The molecule has 1 saturated heterocycles. The van der Waals surface area contributed by atoms with Crippen LogP contribution < -0.4 is 15.4 Å². The van der Waals surface area contributed by atoms with Gasteiger partial charge in [-0.05, 0) is 50.4 Å². The minimum absolute atomic E-state index is 0. The number of hydrogen-bond donors (Lipinski definition) is 2. The molecule has 1 aromatic carbocycles. The van der Waals surface area contributed by atoms with Crippen molar-refractivity contribution in [1.82, 2.24) is 10.6 Å². The lowest BCUT2D eigenvalue weighted by Gasteiger charge is -2.22. The summed E-state index contributed by atoms with van der Waals surface area (Å²) in [7, 11) is 0. The monoisotopic (exact) mass is 414 g/mol. The molecule has 136 valence electrons. The predicted octanol–water partition coefficient (Wildman–Crippen LogP) is 4.34. The first-order valence-corrected chi connectivity index (χ1v) is 8.94. The molecule has 1 amide bonds. The van der Waals surface area contributed by atoms with Crippen LogP contribution in [0.4, 0.5) is 0 Å². The number of nitrogens with one attached hydrogen (secondary N) is 2. The van der Waals surface area contributed by atoms with Gasteiger partial charge in [-0.3, -0.25) is 4.79 Å². The number of piperidine rings is 1. The zero-order chi connectivity index (χ0) is 16.7. The fourth-order valence-corrected chi connectivity index (χ4v) is 3.53. The maximum atomic E-state index is 11.8. The van der Waals surface area contributed by atoms with Crippen molar-refractivity contribution in [2.45, 2.75) is 25.7 Å². The van der Waals surface area contributed by atoms with Crippen LogP contribution in [-0.4, -0.2) is 32.1 Å². The molecule has 2 N–H and O–H groups in total. The molecule has 2 rings (SSSR count). The first kappa shape index (κ1) is 21.7. The van der Waals surface area contributed by atoms with E-state index in [9.17, 15) is 4.79 Å². The summed E-state index contributed by atoms with van der Waals surface area (Å²) in [4.78, 5) is 11.8. The minimum Gasteiger partial charge on any atom is -0.489 e. The van der Waals surface area contributed by atoms with E-state index in [1.807, 2.05) is 0 Å². The molecule has 0 aromatic heterocycles. The van der Waals surface area contributed by atoms with Crippen LogP contribution in [0.2, 0.25) is 15.1 Å². The molecule has 8 heteroatoms. The van der Waals surface area contributed by atoms with Gasteiger partial charge in [0.1, 0.15) is 6.61 Å². The summed E-state index contributed by atoms with van der Waals surface area (Å²) in [6.07, 6.45) is 3.82. The lowest BCUT2D eigenvalue weighted by molar-refractivity contribution is -0.121. The van der Waals surface area contributed by atoms with E-state index in [1.165, 1.54) is 0 Å². The average molecular weight is 416 g/mol. The van der Waals surface area contributed by atoms with Gasteiger partial charge in [-0.15, -0.1) is 12.4 Å². The minimum atomic E-state index is 0. The van der Waals surface area contributed by atoms with Crippen LogP contribution in [0.15, 0.2) is 12.1 Å². The van der Waals surface area contributed by atoms with Crippen LogP contribution in [0.5, 0.6) is 5.75 Å². The van der Waals surface area contributed by atoms with Crippen LogP contribution in [-0.2, 0) is 4.79 Å². The third-order valence-corrected chi connectivity index (χ3v) is 4.65. The number of hydrogen-bond acceptors (Lipinski definition) is 3. The van der Waals surface area contributed by atoms with Crippen LogP contribution in [0, 0.1) is 5.92 Å². The number of amides is 1. The quantitative estimate of drug-likeness (QED) is 0.651. The summed E-state index contributed by atoms with van der Waals surface area (Å²) in [5.74, 6) is 1.10. The highest BCUT2D eigenvalue weighted by molar-refractivity contribution is 6.40. The van der Waals surface area contributed by atoms with Crippen molar-refractivity contribution in [3.05, 3.63) is 27.2 Å². The number of carbonyl (C=O) groups is 1. The van der Waals surface area contributed by atoms with Crippen molar-refractivity contribution in [3.63, 3.8) is 0 Å². The standard InChI is InChI=1S/C16H21Cl3N2O2.ClH/c17-12-9-13(18)16(14(19)10-12)23-8-7-21-15(22)2-1-11-3-5-20-6-4-11;/h9-11,20H,1-8H2,(H,21,22);1H. The normalized spacial score (nSPS) is 14.8. The number of carbonyl (C=O) groups excluding carboxylic acids is 1. The van der Waals surface area contributed by atoms with Crippen LogP contribution in [0.1, 0.15) is 25.7 Å². The molecule has 0 unspecified atom stereocenters. The molecule has 1 aliphatic heterocycles. The van der Waals surface area contributed by atoms with E-state index in [2.05, 4.69) is 10.6 Å². The molecule has 24 heavy (non-hydrogen) atoms. The number of rotatable bonds is 7. The third kappa shape index (κ3) is 7.24. The maximum Gasteiger partial charge on any atom is 0.220 e. The second-order valence-corrected chi connectivity index (χ2v) is 6.88. The summed E-state index contributed by atoms with van der Waals surface area (Å²) in [5, 5.41) is 7.36. The molecule has 1 heterocycles. The van der Waals surface area contributed by atoms with Crippen LogP contribution >= 0.6 is 47.2 Å². The SMILES string of the molecule is Cl.O=C(CCC1CCNCC1)NCCOc1c(Cl)cc(Cl)cc1Cl. The van der Waals surface area contributed by atoms with Gasteiger partial charge in [-0.25, -0.2) is 0 Å². The van der Waals surface area contributed by atoms with Crippen LogP contribution in [0.25, 0.3) is 0 Å². The Balaban J connectivity index is 0.00000288. The van der Waals surface area contributed by atoms with E-state index in [1.54, 1.807) is 12.1 Å². The molecule has 0 atom stereocenters. The Morgan fingerprint density at radius 1 is 1.21 bits per heavy atom. The Morgan fingerprint density at radius 2 is 1.83 bits per heavy atom. The fraction of sp³-hybridized carbons (Fsp3) is 0.562. The zero-order valence-electron chi connectivity index (χ0n) is 13.2. The largest absolute Gasteiger partial charge is 0.489 e. The molecular weight excluding hydrogens is 394 g/mol. The summed E-state index contributed by atoms with van der Waals surface area (Å²) in [6, 6.07) is 3.14. The first-order valence-electron chi connectivity index (χ1n) is 7.81. The Bertz CT molecular complexity index is 514. The molecule has 1 aliphatic rings. The third-order valence-electron chi connectivity index (χ3n) is 3.87. The van der Waals surface area contributed by atoms with E-state index in [0.717, 1.165) is 32.4 Å². The second kappa shape index (κ2) is 11.3. The van der Waals surface area contributed by atoms with E-state index in [4.69, 9.17) is 39.5 Å². The van der Waals surface area contributed by atoms with Gasteiger partial charge in [0, 0.05) is 11.4 Å². The molecular formula is C16H22Cl4N2O2. The van der Waals surface area contributed by atoms with Gasteiger partial charge in [0.05, 0.1) is 16.6 Å². The predicted molar refractivity (Wildman–Crippen MR) is 102 cm³/mol. The van der Waals surface area contributed by atoms with E-state index < -0.39 is 0 Å². The van der Waals surface area contributed by atoms with Crippen molar-refractivity contribution in [3.8, 4) is 5.75 Å². The average Bonchev–Trinajstić information content (AvgIpc) is 2.52. The van der Waals surface area contributed by atoms with E-state index in [-0.39, 0.29) is 18.3 Å². The Labute approximate surface area is 164 Å². The Morgan fingerprint density at radius 3 is 2.46 bits per heavy atom. The van der Waals surface area contributed by atoms with Crippen molar-refractivity contribution < 1.29 is 9.53 Å². The highest BCUT2D eigenvalue weighted by Gasteiger charge is 2.14. The fourth-order valence-electron chi connectivity index (χ4n) is 2.60. The summed E-state index contributed by atoms with van der Waals surface area (Å²) in [6.45, 7) is 2.84. The van der Waals surface area contributed by atoms with E-state index in [0.29, 0.717) is 46.3 Å². The van der Waals surface area contributed by atoms with Crippen molar-refractivity contribution in [2.24, 2.45) is 5.92 Å². The highest BCUT2D eigenvalue weighted by atomic mass is 35.5. The Hall–Kier alpha value is -0.390. The maximum absolute atomic E-state index is 11.8. The van der Waals surface area contributed by atoms with Gasteiger partial charge < -0.3 is 15.4 Å². The summed E-state index contributed by atoms with van der Waals surface area (Å²) in [5.41, 5.74) is 0. The molecule has 0 spiro atoms. The molecule has 1 aromatic rings. The number of ether oxygens (including phenoxy) is 1. The number of benzene rings is 1. The van der Waals surface area contributed by atoms with Gasteiger partial charge in [-0.2, -0.15) is 0 Å². The van der Waals surface area contributed by atoms with Gasteiger partial charge in [-0.1, -0.05) is 34.8 Å². The van der Waals surface area contributed by atoms with Crippen molar-refractivity contribution >= 4 is 53.1 Å². The van der Waals surface area contributed by atoms with Gasteiger partial charge in [0.15, 0.2) is 5.75 Å². The first-order chi connectivity index (χ1) is 11.1. The lowest BCUT2D eigenvalue weighted by atomic mass is 9.93. The number of halogens is 4. The lowest BCUT2D eigenvalue weighted by Crippen LogP contribution is -2.30. The molecule has 0 radical (unpaired) electrons. The van der Waals surface area contributed by atoms with Crippen molar-refractivity contribution in [2.75, 3.05) is 26.2 Å². The smallest absolute Gasteiger partial charge is 0.220 e. The molecule has 0 bridgehead atoms. The van der Waals surface area contributed by atoms with E-state index >= 15 is 0 Å². The van der Waals surface area contributed by atoms with Crippen molar-refractivity contribution in [1.29, 1.82) is 0 Å². The van der Waals surface area contributed by atoms with Crippen LogP contribution in [0.3, 0.4) is 0 Å². The Kier molecular flexibility index (Phi) is 10.2. The summed E-state index contributed by atoms with van der Waals surface area (Å²) >= 11 is 17.9. The van der Waals surface area contributed by atoms with Gasteiger partial charge in [0.25, 0.3) is 0 Å². The summed E-state index contributed by atoms with van der Waals surface area (Å²) < 4.78 is 5.52. The molecule has 0 saturated carbocycles. The zero-order valence-corrected chi connectivity index (χ0v) is 16.3.